The van der Waals surface area contributed by atoms with Gasteiger partial charge in [0.1, 0.15) is 6.07 Å². The Kier molecular flexibility index (Phi) is 3.87. The van der Waals surface area contributed by atoms with Crippen molar-refractivity contribution in [3.8, 4) is 11.8 Å². The maximum atomic E-state index is 11.3. The van der Waals surface area contributed by atoms with Crippen molar-refractivity contribution in [2.24, 2.45) is 0 Å². The molecule has 1 rings (SSSR count). The monoisotopic (exact) mass is 267 g/mol. The first-order valence-corrected chi connectivity index (χ1v) is 5.27. The molecule has 1 aromatic carbocycles. The maximum Gasteiger partial charge on any atom is 0.161 e. The number of hydrogen-bond donors (Lipinski definition) is 0. The molecule has 15 heavy (non-hydrogen) atoms. The lowest BCUT2D eigenvalue weighted by Gasteiger charge is -2.10. The van der Waals surface area contributed by atoms with Gasteiger partial charge in [-0.15, -0.1) is 0 Å². The highest BCUT2D eigenvalue weighted by atomic mass is 79.9. The highest BCUT2D eigenvalue weighted by Crippen LogP contribution is 2.32. The van der Waals surface area contributed by atoms with E-state index in [-0.39, 0.29) is 5.78 Å². The summed E-state index contributed by atoms with van der Waals surface area (Å²) in [4.78, 5) is 11.3. The largest absolute Gasteiger partial charge is 0.491 e. The molecule has 0 spiro atoms. The molecular formula is C11H10BrNO2. The van der Waals surface area contributed by atoms with Gasteiger partial charge >= 0.3 is 0 Å². The lowest BCUT2D eigenvalue weighted by atomic mass is 10.1. The molecule has 0 unspecified atom stereocenters. The van der Waals surface area contributed by atoms with Crippen LogP contribution in [0, 0.1) is 11.3 Å². The van der Waals surface area contributed by atoms with E-state index >= 15 is 0 Å². The van der Waals surface area contributed by atoms with Gasteiger partial charge in [-0.1, -0.05) is 0 Å². The number of ether oxygens (including phenoxy) is 1. The second-order valence-corrected chi connectivity index (χ2v) is 3.70. The van der Waals surface area contributed by atoms with Crippen LogP contribution in [0.2, 0.25) is 0 Å². The van der Waals surface area contributed by atoms with Crippen molar-refractivity contribution >= 4 is 21.7 Å². The van der Waals surface area contributed by atoms with Crippen LogP contribution in [0.15, 0.2) is 16.6 Å². The number of nitriles is 1. The molecule has 0 aromatic heterocycles. The first-order valence-electron chi connectivity index (χ1n) is 4.48. The molecule has 0 aliphatic rings. The summed E-state index contributed by atoms with van der Waals surface area (Å²) in [6.45, 7) is 3.75. The van der Waals surface area contributed by atoms with Gasteiger partial charge in [0.05, 0.1) is 16.6 Å². The maximum absolute atomic E-state index is 11.3. The molecule has 0 saturated heterocycles. The van der Waals surface area contributed by atoms with Gasteiger partial charge in [0.25, 0.3) is 0 Å². The van der Waals surface area contributed by atoms with Gasteiger partial charge in [0.2, 0.25) is 0 Å². The van der Waals surface area contributed by atoms with Crippen molar-refractivity contribution in [1.29, 1.82) is 5.26 Å². The first kappa shape index (κ1) is 11.7. The second-order valence-electron chi connectivity index (χ2n) is 2.90. The van der Waals surface area contributed by atoms with E-state index < -0.39 is 0 Å². The average molecular weight is 268 g/mol. The molecule has 4 heteroatoms. The zero-order valence-electron chi connectivity index (χ0n) is 8.50. The summed E-state index contributed by atoms with van der Waals surface area (Å²) in [5.74, 6) is 0.375. The number of hydrogen-bond acceptors (Lipinski definition) is 3. The van der Waals surface area contributed by atoms with E-state index in [2.05, 4.69) is 15.9 Å². The van der Waals surface area contributed by atoms with Crippen molar-refractivity contribution in [1.82, 2.24) is 0 Å². The van der Waals surface area contributed by atoms with Crippen LogP contribution < -0.4 is 4.74 Å². The van der Waals surface area contributed by atoms with Gasteiger partial charge in [-0.25, -0.2) is 0 Å². The third kappa shape index (κ3) is 2.37. The van der Waals surface area contributed by atoms with Crippen molar-refractivity contribution in [2.75, 3.05) is 6.61 Å². The highest BCUT2D eigenvalue weighted by Gasteiger charge is 2.14. The first-order chi connectivity index (χ1) is 7.11. The fraction of sp³-hybridized carbons (Fsp3) is 0.273. The Bertz CT molecular complexity index is 435. The molecule has 0 atom stereocenters. The van der Waals surface area contributed by atoms with Gasteiger partial charge in [-0.05, 0) is 41.9 Å². The Morgan fingerprint density at radius 2 is 2.27 bits per heavy atom. The molecule has 0 N–H and O–H groups in total. The Balaban J connectivity index is 3.37. The van der Waals surface area contributed by atoms with Crippen molar-refractivity contribution in [3.63, 3.8) is 0 Å². The SMILES string of the molecule is CCOc1c(C#N)ccc(C(C)=O)c1Br. The summed E-state index contributed by atoms with van der Waals surface area (Å²) in [6.07, 6.45) is 0. The number of benzene rings is 1. The molecule has 0 aliphatic carbocycles. The number of ketones is 1. The molecule has 1 aromatic rings. The van der Waals surface area contributed by atoms with Crippen LogP contribution in [-0.2, 0) is 0 Å². The van der Waals surface area contributed by atoms with Crippen LogP contribution in [0.3, 0.4) is 0 Å². The minimum atomic E-state index is -0.0627. The number of carbonyl (C=O) groups is 1. The minimum Gasteiger partial charge on any atom is -0.491 e. The van der Waals surface area contributed by atoms with Crippen LogP contribution in [-0.4, -0.2) is 12.4 Å². The second kappa shape index (κ2) is 4.94. The predicted octanol–water partition coefficient (Wildman–Crippen LogP) is 2.92. The zero-order valence-corrected chi connectivity index (χ0v) is 10.1. The van der Waals surface area contributed by atoms with E-state index in [0.717, 1.165) is 0 Å². The van der Waals surface area contributed by atoms with Gasteiger partial charge in [0.15, 0.2) is 11.5 Å². The van der Waals surface area contributed by atoms with Crippen LogP contribution in [0.4, 0.5) is 0 Å². The number of Topliss-reactive ketones (excluding diaryl/α,β-unsaturated/α-hetero) is 1. The third-order valence-corrected chi connectivity index (χ3v) is 2.67. The Hall–Kier alpha value is -1.34. The van der Waals surface area contributed by atoms with Crippen LogP contribution in [0.25, 0.3) is 0 Å². The lowest BCUT2D eigenvalue weighted by Crippen LogP contribution is -2.01. The predicted molar refractivity (Wildman–Crippen MR) is 60.0 cm³/mol. The Labute approximate surface area is 96.8 Å². The summed E-state index contributed by atoms with van der Waals surface area (Å²) in [6, 6.07) is 5.23. The zero-order chi connectivity index (χ0) is 11.4. The van der Waals surface area contributed by atoms with Crippen LogP contribution in [0.5, 0.6) is 5.75 Å². The lowest BCUT2D eigenvalue weighted by molar-refractivity contribution is 0.101. The third-order valence-electron chi connectivity index (χ3n) is 1.89. The van der Waals surface area contributed by atoms with Gasteiger partial charge in [-0.2, -0.15) is 5.26 Å². The van der Waals surface area contributed by atoms with Crippen LogP contribution >= 0.6 is 15.9 Å². The molecule has 78 valence electrons. The van der Waals surface area contributed by atoms with Crippen molar-refractivity contribution in [3.05, 3.63) is 27.7 Å². The van der Waals surface area contributed by atoms with Gasteiger partial charge in [-0.3, -0.25) is 4.79 Å². The van der Waals surface area contributed by atoms with E-state index in [1.54, 1.807) is 12.1 Å². The summed E-state index contributed by atoms with van der Waals surface area (Å²) in [5, 5.41) is 8.86. The molecule has 0 heterocycles. The molecular weight excluding hydrogens is 258 g/mol. The van der Waals surface area contributed by atoms with Crippen LogP contribution in [0.1, 0.15) is 29.8 Å². The summed E-state index contributed by atoms with van der Waals surface area (Å²) in [7, 11) is 0. The molecule has 0 amide bonds. The van der Waals surface area contributed by atoms with E-state index in [4.69, 9.17) is 10.00 Å². The van der Waals surface area contributed by atoms with E-state index in [1.807, 2.05) is 13.0 Å². The van der Waals surface area contributed by atoms with E-state index in [1.165, 1.54) is 6.92 Å². The standard InChI is InChI=1S/C11H10BrNO2/c1-3-15-11-8(6-13)4-5-9(7(2)14)10(11)12/h4-5H,3H2,1-2H3. The topological polar surface area (TPSA) is 50.1 Å². The number of nitrogens with zero attached hydrogens (tertiary/aromatic N) is 1. The molecule has 0 saturated carbocycles. The highest BCUT2D eigenvalue weighted by molar-refractivity contribution is 9.10. The summed E-state index contributed by atoms with van der Waals surface area (Å²) >= 11 is 3.28. The van der Waals surface area contributed by atoms with E-state index in [0.29, 0.717) is 28.0 Å². The number of halogens is 1. The fourth-order valence-electron chi connectivity index (χ4n) is 1.20. The van der Waals surface area contributed by atoms with Crippen molar-refractivity contribution < 1.29 is 9.53 Å². The number of carbonyl (C=O) groups excluding carboxylic acids is 1. The van der Waals surface area contributed by atoms with E-state index in [9.17, 15) is 4.79 Å². The number of rotatable bonds is 3. The van der Waals surface area contributed by atoms with Gasteiger partial charge in [0, 0.05) is 5.56 Å². The van der Waals surface area contributed by atoms with Crippen molar-refractivity contribution in [2.45, 2.75) is 13.8 Å². The Morgan fingerprint density at radius 1 is 1.60 bits per heavy atom. The molecule has 0 fully saturated rings. The molecule has 3 nitrogen and oxygen atoms in total. The normalized spacial score (nSPS) is 9.47. The Morgan fingerprint density at radius 3 is 2.73 bits per heavy atom. The average Bonchev–Trinajstić information content (AvgIpc) is 2.20. The molecule has 0 radical (unpaired) electrons. The minimum absolute atomic E-state index is 0.0627. The smallest absolute Gasteiger partial charge is 0.161 e. The molecule has 0 aliphatic heterocycles. The summed E-state index contributed by atoms with van der Waals surface area (Å²) < 4.78 is 5.88. The molecule has 0 bridgehead atoms. The summed E-state index contributed by atoms with van der Waals surface area (Å²) in [5.41, 5.74) is 0.950. The fourth-order valence-corrected chi connectivity index (χ4v) is 1.94. The quantitative estimate of drug-likeness (QED) is 0.792. The van der Waals surface area contributed by atoms with Gasteiger partial charge < -0.3 is 4.74 Å².